The van der Waals surface area contributed by atoms with E-state index in [1.807, 2.05) is 24.4 Å². The van der Waals surface area contributed by atoms with Crippen molar-refractivity contribution >= 4 is 41.1 Å². The first-order valence-electron chi connectivity index (χ1n) is 6.54. The quantitative estimate of drug-likeness (QED) is 0.878. The number of benzene rings is 1. The normalized spacial score (nSPS) is 14.2. The second-order valence-electron chi connectivity index (χ2n) is 4.64. The van der Waals surface area contributed by atoms with Crippen molar-refractivity contribution < 1.29 is 14.3 Å². The number of carbonyl (C=O) groups excluding carboxylic acids is 1. The zero-order valence-electron chi connectivity index (χ0n) is 12.0. The Balaban J connectivity index is 2.22. The molecule has 1 aliphatic rings. The lowest BCUT2D eigenvalue weighted by atomic mass is 10.0. The Kier molecular flexibility index (Phi) is 3.73. The molecular weight excluding hydrogens is 304 g/mol. The average molecular weight is 317 g/mol. The highest BCUT2D eigenvalue weighted by Gasteiger charge is 2.27. The predicted octanol–water partition coefficient (Wildman–Crippen LogP) is 3.72. The SMILES string of the molecule is COC(=O)c1cc(Cl)c2c(c1OC)C(=Cc1ccc[nH]1)C=N2. The van der Waals surface area contributed by atoms with E-state index >= 15 is 0 Å². The maximum Gasteiger partial charge on any atom is 0.341 e. The summed E-state index contributed by atoms with van der Waals surface area (Å²) >= 11 is 6.24. The fourth-order valence-electron chi connectivity index (χ4n) is 2.40. The van der Waals surface area contributed by atoms with E-state index in [9.17, 15) is 4.79 Å². The first-order valence-corrected chi connectivity index (χ1v) is 6.92. The second-order valence-corrected chi connectivity index (χ2v) is 5.04. The Labute approximate surface area is 132 Å². The van der Waals surface area contributed by atoms with Crippen molar-refractivity contribution in [3.8, 4) is 5.75 Å². The fourth-order valence-corrected chi connectivity index (χ4v) is 2.65. The van der Waals surface area contributed by atoms with Crippen LogP contribution in [0.4, 0.5) is 5.69 Å². The van der Waals surface area contributed by atoms with Crippen LogP contribution in [0.15, 0.2) is 29.4 Å². The van der Waals surface area contributed by atoms with E-state index in [1.54, 1.807) is 6.21 Å². The van der Waals surface area contributed by atoms with E-state index in [0.29, 0.717) is 22.0 Å². The molecule has 0 saturated carbocycles. The van der Waals surface area contributed by atoms with Crippen LogP contribution < -0.4 is 4.74 Å². The molecule has 5 nitrogen and oxygen atoms in total. The summed E-state index contributed by atoms with van der Waals surface area (Å²) in [6.45, 7) is 0. The van der Waals surface area contributed by atoms with Gasteiger partial charge in [0, 0.05) is 23.7 Å². The van der Waals surface area contributed by atoms with E-state index in [0.717, 1.165) is 11.3 Å². The number of aliphatic imine (C=N–C) groups is 1. The van der Waals surface area contributed by atoms with Gasteiger partial charge in [-0.3, -0.25) is 4.99 Å². The summed E-state index contributed by atoms with van der Waals surface area (Å²) in [7, 11) is 2.82. The van der Waals surface area contributed by atoms with Crippen LogP contribution in [0, 0.1) is 0 Å². The van der Waals surface area contributed by atoms with Crippen molar-refractivity contribution in [3.63, 3.8) is 0 Å². The Morgan fingerprint density at radius 1 is 1.41 bits per heavy atom. The van der Waals surface area contributed by atoms with Gasteiger partial charge in [-0.25, -0.2) is 4.79 Å². The van der Waals surface area contributed by atoms with Gasteiger partial charge in [0.15, 0.2) is 0 Å². The minimum atomic E-state index is -0.507. The van der Waals surface area contributed by atoms with Crippen LogP contribution in [-0.2, 0) is 4.74 Å². The van der Waals surface area contributed by atoms with E-state index in [2.05, 4.69) is 9.98 Å². The van der Waals surface area contributed by atoms with Gasteiger partial charge in [-0.05, 0) is 24.3 Å². The summed E-state index contributed by atoms with van der Waals surface area (Å²) < 4.78 is 10.2. The van der Waals surface area contributed by atoms with Crippen LogP contribution in [0.25, 0.3) is 11.6 Å². The molecule has 22 heavy (non-hydrogen) atoms. The number of aromatic nitrogens is 1. The van der Waals surface area contributed by atoms with Gasteiger partial charge < -0.3 is 14.5 Å². The molecule has 0 aliphatic carbocycles. The molecule has 1 aromatic carbocycles. The third kappa shape index (κ3) is 2.29. The molecule has 0 spiro atoms. The molecule has 6 heteroatoms. The molecule has 0 unspecified atom stereocenters. The number of aromatic amines is 1. The summed E-state index contributed by atoms with van der Waals surface area (Å²) in [6.07, 6.45) is 5.44. The zero-order chi connectivity index (χ0) is 15.7. The van der Waals surface area contributed by atoms with Crippen molar-refractivity contribution in [3.05, 3.63) is 46.2 Å². The molecule has 2 heterocycles. The van der Waals surface area contributed by atoms with Crippen LogP contribution >= 0.6 is 11.6 Å². The van der Waals surface area contributed by atoms with Gasteiger partial charge in [-0.15, -0.1) is 0 Å². The number of hydrogen-bond acceptors (Lipinski definition) is 4. The first kappa shape index (κ1) is 14.4. The van der Waals surface area contributed by atoms with E-state index in [1.165, 1.54) is 20.3 Å². The number of ether oxygens (including phenoxy) is 2. The van der Waals surface area contributed by atoms with Gasteiger partial charge in [0.05, 0.1) is 30.5 Å². The molecule has 0 saturated heterocycles. The van der Waals surface area contributed by atoms with Gasteiger partial charge in [-0.1, -0.05) is 11.6 Å². The van der Waals surface area contributed by atoms with Gasteiger partial charge >= 0.3 is 5.97 Å². The van der Waals surface area contributed by atoms with E-state index < -0.39 is 5.97 Å². The number of nitrogens with one attached hydrogen (secondary N) is 1. The number of esters is 1. The number of nitrogens with zero attached hydrogens (tertiary/aromatic N) is 1. The molecule has 0 radical (unpaired) electrons. The zero-order valence-corrected chi connectivity index (χ0v) is 12.8. The average Bonchev–Trinajstić information content (AvgIpc) is 3.17. The highest BCUT2D eigenvalue weighted by Crippen LogP contribution is 2.46. The maximum absolute atomic E-state index is 11.9. The molecule has 112 valence electrons. The number of halogens is 1. The smallest absolute Gasteiger partial charge is 0.341 e. The topological polar surface area (TPSA) is 63.7 Å². The number of allylic oxidation sites excluding steroid dienone is 1. The van der Waals surface area contributed by atoms with Crippen LogP contribution in [0.5, 0.6) is 5.75 Å². The summed E-state index contributed by atoms with van der Waals surface area (Å²) in [6, 6.07) is 5.34. The Hall–Kier alpha value is -2.53. The lowest BCUT2D eigenvalue weighted by Gasteiger charge is -2.13. The number of fused-ring (bicyclic) bond motifs is 1. The Morgan fingerprint density at radius 2 is 2.23 bits per heavy atom. The van der Waals surface area contributed by atoms with Gasteiger partial charge in [0.2, 0.25) is 0 Å². The first-order chi connectivity index (χ1) is 10.7. The van der Waals surface area contributed by atoms with E-state index in [4.69, 9.17) is 21.1 Å². The number of rotatable bonds is 3. The fraction of sp³-hybridized carbons (Fsp3) is 0.125. The molecule has 1 aliphatic heterocycles. The van der Waals surface area contributed by atoms with Gasteiger partial charge in [0.25, 0.3) is 0 Å². The lowest BCUT2D eigenvalue weighted by molar-refractivity contribution is 0.0597. The summed E-state index contributed by atoms with van der Waals surface area (Å²) in [5, 5.41) is 0.377. The molecule has 0 bridgehead atoms. The van der Waals surface area contributed by atoms with Crippen molar-refractivity contribution in [1.29, 1.82) is 0 Å². The molecule has 0 atom stereocenters. The molecule has 1 aromatic heterocycles. The highest BCUT2D eigenvalue weighted by molar-refractivity contribution is 6.36. The largest absolute Gasteiger partial charge is 0.495 e. The summed E-state index contributed by atoms with van der Waals surface area (Å²) in [5.41, 5.74) is 3.27. The van der Waals surface area contributed by atoms with Gasteiger partial charge in [0.1, 0.15) is 11.3 Å². The highest BCUT2D eigenvalue weighted by atomic mass is 35.5. The molecule has 1 N–H and O–H groups in total. The minimum absolute atomic E-state index is 0.275. The Morgan fingerprint density at radius 3 is 2.86 bits per heavy atom. The van der Waals surface area contributed by atoms with Crippen molar-refractivity contribution in [2.75, 3.05) is 14.2 Å². The number of methoxy groups -OCH3 is 2. The summed E-state index contributed by atoms with van der Waals surface area (Å²) in [5.74, 6) is -0.103. The number of hydrogen-bond donors (Lipinski definition) is 1. The Bertz CT molecular complexity index is 792. The van der Waals surface area contributed by atoms with Crippen molar-refractivity contribution in [2.24, 2.45) is 4.99 Å². The minimum Gasteiger partial charge on any atom is -0.495 e. The van der Waals surface area contributed by atoms with Gasteiger partial charge in [-0.2, -0.15) is 0 Å². The van der Waals surface area contributed by atoms with Crippen LogP contribution in [0.3, 0.4) is 0 Å². The van der Waals surface area contributed by atoms with Crippen LogP contribution in [0.1, 0.15) is 21.6 Å². The number of carbonyl (C=O) groups is 1. The lowest BCUT2D eigenvalue weighted by Crippen LogP contribution is -2.06. The molecule has 0 amide bonds. The molecule has 3 rings (SSSR count). The monoisotopic (exact) mass is 316 g/mol. The maximum atomic E-state index is 11.9. The van der Waals surface area contributed by atoms with E-state index in [-0.39, 0.29) is 5.56 Å². The molecular formula is C16H13ClN2O3. The number of H-pyrrole nitrogens is 1. The third-order valence-corrected chi connectivity index (χ3v) is 3.66. The van der Waals surface area contributed by atoms with Crippen molar-refractivity contribution in [1.82, 2.24) is 4.98 Å². The van der Waals surface area contributed by atoms with Crippen LogP contribution in [-0.4, -0.2) is 31.4 Å². The third-order valence-electron chi connectivity index (χ3n) is 3.37. The second kappa shape index (κ2) is 5.69. The predicted molar refractivity (Wildman–Crippen MR) is 86.2 cm³/mol. The summed E-state index contributed by atoms with van der Waals surface area (Å²) in [4.78, 5) is 19.4. The van der Waals surface area contributed by atoms with Crippen LogP contribution in [0.2, 0.25) is 5.02 Å². The molecule has 0 fully saturated rings. The molecule has 2 aromatic rings. The van der Waals surface area contributed by atoms with Crippen molar-refractivity contribution in [2.45, 2.75) is 0 Å². The standard InChI is InChI=1S/C16H13ClN2O3/c1-21-15-11(16(20)22-2)7-12(17)14-13(15)9(8-19-14)6-10-4-3-5-18-10/h3-8,18H,1-2H3.